The molecule has 1 N–H and O–H groups in total. The van der Waals surface area contributed by atoms with Crippen LogP contribution >= 0.6 is 0 Å². The monoisotopic (exact) mass is 267 g/mol. The van der Waals surface area contributed by atoms with Gasteiger partial charge in [0.25, 0.3) is 0 Å². The van der Waals surface area contributed by atoms with Crippen molar-refractivity contribution in [1.82, 2.24) is 5.32 Å². The summed E-state index contributed by atoms with van der Waals surface area (Å²) in [4.78, 5) is 11.8. The molecule has 2 aliphatic rings. The maximum absolute atomic E-state index is 11.8. The smallest absolute Gasteiger partial charge is 0.308 e. The van der Waals surface area contributed by atoms with Crippen molar-refractivity contribution in [3.8, 4) is 0 Å². The molecule has 3 nitrogen and oxygen atoms in total. The van der Waals surface area contributed by atoms with E-state index >= 15 is 0 Å². The molecule has 0 radical (unpaired) electrons. The molecule has 19 heavy (non-hydrogen) atoms. The van der Waals surface area contributed by atoms with Gasteiger partial charge in [-0.05, 0) is 51.5 Å². The van der Waals surface area contributed by atoms with Gasteiger partial charge in [-0.1, -0.05) is 25.7 Å². The first-order valence-electron chi connectivity index (χ1n) is 8.19. The minimum Gasteiger partial charge on any atom is -0.466 e. The zero-order valence-corrected chi connectivity index (χ0v) is 12.3. The number of esters is 1. The molecule has 2 fully saturated rings. The third-order valence-electron chi connectivity index (χ3n) is 4.71. The van der Waals surface area contributed by atoms with E-state index in [1.165, 1.54) is 38.5 Å². The third kappa shape index (κ3) is 4.79. The molecule has 0 saturated heterocycles. The van der Waals surface area contributed by atoms with Crippen LogP contribution in [0.15, 0.2) is 0 Å². The maximum atomic E-state index is 11.8. The molecule has 0 amide bonds. The lowest BCUT2D eigenvalue weighted by Gasteiger charge is -2.31. The lowest BCUT2D eigenvalue weighted by atomic mass is 9.84. The second-order valence-electron chi connectivity index (χ2n) is 6.22. The van der Waals surface area contributed by atoms with E-state index in [-0.39, 0.29) is 11.9 Å². The van der Waals surface area contributed by atoms with Gasteiger partial charge >= 0.3 is 5.97 Å². The Bertz CT molecular complexity index is 274. The third-order valence-corrected chi connectivity index (χ3v) is 4.71. The number of hydrogen-bond donors (Lipinski definition) is 1. The molecular formula is C16H29NO2. The standard InChI is InChI=1S/C16H29NO2/c1-2-19-16(18)14-9-6-10-15(11-14)17-12-13-7-4-3-5-8-13/h13-15,17H,2-12H2,1H3. The minimum absolute atomic E-state index is 0.0201. The summed E-state index contributed by atoms with van der Waals surface area (Å²) in [6, 6.07) is 0.532. The van der Waals surface area contributed by atoms with Gasteiger partial charge in [0.05, 0.1) is 12.5 Å². The number of rotatable bonds is 5. The predicted molar refractivity (Wildman–Crippen MR) is 77.0 cm³/mol. The van der Waals surface area contributed by atoms with Crippen molar-refractivity contribution in [2.75, 3.05) is 13.2 Å². The molecule has 0 heterocycles. The largest absolute Gasteiger partial charge is 0.466 e. The summed E-state index contributed by atoms with van der Waals surface area (Å²) in [6.45, 7) is 3.55. The van der Waals surface area contributed by atoms with Crippen LogP contribution in [0.3, 0.4) is 0 Å². The maximum Gasteiger partial charge on any atom is 0.308 e. The Labute approximate surface area is 117 Å². The van der Waals surface area contributed by atoms with Crippen LogP contribution in [0.4, 0.5) is 0 Å². The second kappa shape index (κ2) is 7.88. The topological polar surface area (TPSA) is 38.3 Å². The van der Waals surface area contributed by atoms with Crippen LogP contribution in [-0.4, -0.2) is 25.2 Å². The molecule has 0 aliphatic heterocycles. The highest BCUT2D eigenvalue weighted by Crippen LogP contribution is 2.27. The Morgan fingerprint density at radius 3 is 2.63 bits per heavy atom. The molecule has 0 aromatic carbocycles. The van der Waals surface area contributed by atoms with Gasteiger partial charge in [0, 0.05) is 6.04 Å². The predicted octanol–water partition coefficient (Wildman–Crippen LogP) is 3.28. The van der Waals surface area contributed by atoms with Crippen LogP contribution in [0.5, 0.6) is 0 Å². The highest BCUT2D eigenvalue weighted by Gasteiger charge is 2.28. The van der Waals surface area contributed by atoms with Crippen LogP contribution in [0.25, 0.3) is 0 Å². The summed E-state index contributed by atoms with van der Waals surface area (Å²) in [7, 11) is 0. The molecule has 0 aromatic heterocycles. The molecule has 0 spiro atoms. The average Bonchev–Trinajstić information content (AvgIpc) is 2.47. The summed E-state index contributed by atoms with van der Waals surface area (Å²) in [5.74, 6) is 1.03. The van der Waals surface area contributed by atoms with Gasteiger partial charge in [0.15, 0.2) is 0 Å². The molecule has 2 saturated carbocycles. The molecule has 2 rings (SSSR count). The number of ether oxygens (including phenoxy) is 1. The van der Waals surface area contributed by atoms with Gasteiger partial charge in [0.2, 0.25) is 0 Å². The van der Waals surface area contributed by atoms with E-state index in [0.29, 0.717) is 12.6 Å². The molecule has 110 valence electrons. The van der Waals surface area contributed by atoms with Crippen molar-refractivity contribution in [3.63, 3.8) is 0 Å². The summed E-state index contributed by atoms with van der Waals surface area (Å²) in [5.41, 5.74) is 0. The van der Waals surface area contributed by atoms with E-state index in [9.17, 15) is 4.79 Å². The van der Waals surface area contributed by atoms with Crippen molar-refractivity contribution in [3.05, 3.63) is 0 Å². The fraction of sp³-hybridized carbons (Fsp3) is 0.938. The quantitative estimate of drug-likeness (QED) is 0.777. The fourth-order valence-electron chi connectivity index (χ4n) is 3.57. The first-order valence-corrected chi connectivity index (χ1v) is 8.19. The van der Waals surface area contributed by atoms with Crippen LogP contribution < -0.4 is 5.32 Å². The number of nitrogens with one attached hydrogen (secondary N) is 1. The van der Waals surface area contributed by atoms with Gasteiger partial charge in [0.1, 0.15) is 0 Å². The van der Waals surface area contributed by atoms with E-state index in [0.717, 1.165) is 31.7 Å². The zero-order chi connectivity index (χ0) is 13.5. The Kier molecular flexibility index (Phi) is 6.15. The van der Waals surface area contributed by atoms with Crippen LogP contribution in [0.2, 0.25) is 0 Å². The lowest BCUT2D eigenvalue weighted by Crippen LogP contribution is -2.39. The van der Waals surface area contributed by atoms with Crippen LogP contribution in [0, 0.1) is 11.8 Å². The average molecular weight is 267 g/mol. The number of hydrogen-bond acceptors (Lipinski definition) is 3. The highest BCUT2D eigenvalue weighted by molar-refractivity contribution is 5.72. The van der Waals surface area contributed by atoms with Crippen molar-refractivity contribution in [1.29, 1.82) is 0 Å². The normalized spacial score (nSPS) is 29.1. The van der Waals surface area contributed by atoms with E-state index in [4.69, 9.17) is 4.74 Å². The summed E-state index contributed by atoms with van der Waals surface area (Å²) >= 11 is 0. The molecule has 2 atom stereocenters. The van der Waals surface area contributed by atoms with Crippen LogP contribution in [0.1, 0.15) is 64.7 Å². The Morgan fingerprint density at radius 1 is 1.11 bits per heavy atom. The summed E-state index contributed by atoms with van der Waals surface area (Å²) in [5, 5.41) is 3.71. The van der Waals surface area contributed by atoms with Gasteiger partial charge in [-0.25, -0.2) is 0 Å². The van der Waals surface area contributed by atoms with E-state index in [1.807, 2.05) is 6.92 Å². The van der Waals surface area contributed by atoms with Crippen molar-refractivity contribution < 1.29 is 9.53 Å². The van der Waals surface area contributed by atoms with E-state index in [2.05, 4.69) is 5.32 Å². The lowest BCUT2D eigenvalue weighted by molar-refractivity contribution is -0.149. The van der Waals surface area contributed by atoms with Crippen molar-refractivity contribution in [2.24, 2.45) is 11.8 Å². The molecule has 3 heteroatoms. The summed E-state index contributed by atoms with van der Waals surface area (Å²) < 4.78 is 5.16. The van der Waals surface area contributed by atoms with Crippen molar-refractivity contribution in [2.45, 2.75) is 70.8 Å². The highest BCUT2D eigenvalue weighted by atomic mass is 16.5. The fourth-order valence-corrected chi connectivity index (χ4v) is 3.57. The Morgan fingerprint density at radius 2 is 1.89 bits per heavy atom. The molecule has 0 bridgehead atoms. The SMILES string of the molecule is CCOC(=O)C1CCCC(NCC2CCCCC2)C1. The Hall–Kier alpha value is -0.570. The van der Waals surface area contributed by atoms with Gasteiger partial charge in [-0.3, -0.25) is 4.79 Å². The van der Waals surface area contributed by atoms with Gasteiger partial charge in [-0.2, -0.15) is 0 Å². The first-order chi connectivity index (χ1) is 9.29. The van der Waals surface area contributed by atoms with Gasteiger partial charge in [-0.15, -0.1) is 0 Å². The van der Waals surface area contributed by atoms with Crippen molar-refractivity contribution >= 4 is 5.97 Å². The van der Waals surface area contributed by atoms with Gasteiger partial charge < -0.3 is 10.1 Å². The second-order valence-corrected chi connectivity index (χ2v) is 6.22. The zero-order valence-electron chi connectivity index (χ0n) is 12.3. The summed E-state index contributed by atoms with van der Waals surface area (Å²) in [6.07, 6.45) is 11.4. The molecule has 2 aliphatic carbocycles. The number of carbonyl (C=O) groups excluding carboxylic acids is 1. The number of carbonyl (C=O) groups is 1. The van der Waals surface area contributed by atoms with E-state index < -0.39 is 0 Å². The molecule has 0 aromatic rings. The van der Waals surface area contributed by atoms with E-state index in [1.54, 1.807) is 0 Å². The Balaban J connectivity index is 1.69. The van der Waals surface area contributed by atoms with Crippen LogP contribution in [-0.2, 0) is 9.53 Å². The minimum atomic E-state index is 0.0201. The molecule has 2 unspecified atom stereocenters. The molecular weight excluding hydrogens is 238 g/mol. The first kappa shape index (κ1) is 14.8.